The van der Waals surface area contributed by atoms with Gasteiger partial charge in [0, 0.05) is 0 Å². The molecule has 0 aliphatic rings. The third kappa shape index (κ3) is 4.48. The summed E-state index contributed by atoms with van der Waals surface area (Å²) in [6, 6.07) is 9.42. The van der Waals surface area contributed by atoms with Crippen LogP contribution in [0.1, 0.15) is 25.5 Å². The highest BCUT2D eigenvalue weighted by molar-refractivity contribution is 7.88. The molecule has 0 unspecified atom stereocenters. The van der Waals surface area contributed by atoms with E-state index in [-0.39, 0.29) is 29.4 Å². The van der Waals surface area contributed by atoms with Crippen molar-refractivity contribution in [1.29, 1.82) is 0 Å². The average molecular weight is 339 g/mol. The summed E-state index contributed by atoms with van der Waals surface area (Å²) in [7, 11) is -1.33. The molecule has 0 fully saturated rings. The van der Waals surface area contributed by atoms with E-state index < -0.39 is 10.8 Å². The lowest BCUT2D eigenvalue weighted by Gasteiger charge is -2.22. The van der Waals surface area contributed by atoms with E-state index in [1.807, 2.05) is 25.3 Å². The van der Waals surface area contributed by atoms with Gasteiger partial charge in [0.15, 0.2) is 0 Å². The van der Waals surface area contributed by atoms with E-state index in [4.69, 9.17) is 0 Å². The van der Waals surface area contributed by atoms with Crippen LogP contribution in [-0.4, -0.2) is 15.9 Å². The largest absolute Gasteiger partial charge is 0.348 e. The maximum Gasteiger partial charge on any atom is 0.233 e. The first-order chi connectivity index (χ1) is 10.5. The fourth-order valence-corrected chi connectivity index (χ4v) is 4.02. The summed E-state index contributed by atoms with van der Waals surface area (Å²) in [5.74, 6) is -0.499. The molecule has 0 saturated carbocycles. The van der Waals surface area contributed by atoms with Crippen LogP contribution in [0, 0.1) is 11.7 Å². The van der Waals surface area contributed by atoms with Crippen molar-refractivity contribution < 1.29 is 13.4 Å². The molecule has 2 aromatic rings. The summed E-state index contributed by atoms with van der Waals surface area (Å²) in [4.78, 5) is 12.1. The van der Waals surface area contributed by atoms with Crippen LogP contribution in [-0.2, 0) is 15.6 Å². The Morgan fingerprint density at radius 3 is 2.50 bits per heavy atom. The van der Waals surface area contributed by atoms with Crippen molar-refractivity contribution in [3.8, 4) is 0 Å². The van der Waals surface area contributed by atoms with Crippen LogP contribution in [0.3, 0.4) is 0 Å². The molecule has 0 radical (unpaired) electrons. The van der Waals surface area contributed by atoms with Crippen molar-refractivity contribution in [3.63, 3.8) is 0 Å². The van der Waals surface area contributed by atoms with E-state index in [0.717, 1.165) is 5.56 Å². The molecule has 118 valence electrons. The molecule has 2 rings (SSSR count). The Hall–Kier alpha value is -1.53. The summed E-state index contributed by atoms with van der Waals surface area (Å²) < 4.78 is 25.8. The molecule has 0 saturated heterocycles. The van der Waals surface area contributed by atoms with Crippen molar-refractivity contribution in [3.05, 3.63) is 53.2 Å². The van der Waals surface area contributed by atoms with Crippen molar-refractivity contribution in [1.82, 2.24) is 5.32 Å². The number of hydrogen-bond donors (Lipinski definition) is 1. The fraction of sp³-hybridized carbons (Fsp3) is 0.312. The number of carbonyl (C=O) groups is 1. The molecule has 6 heteroatoms. The van der Waals surface area contributed by atoms with E-state index in [0.29, 0.717) is 4.21 Å². The van der Waals surface area contributed by atoms with Crippen LogP contribution in [0.4, 0.5) is 4.39 Å². The summed E-state index contributed by atoms with van der Waals surface area (Å²) in [5.41, 5.74) is 0.839. The van der Waals surface area contributed by atoms with E-state index in [1.54, 1.807) is 18.2 Å². The van der Waals surface area contributed by atoms with Gasteiger partial charge in [0.2, 0.25) is 5.91 Å². The lowest BCUT2D eigenvalue weighted by molar-refractivity contribution is -0.119. The van der Waals surface area contributed by atoms with E-state index in [2.05, 4.69) is 5.32 Å². The Bertz CT molecular complexity index is 639. The number of carbonyl (C=O) groups excluding carboxylic acids is 1. The normalized spacial score (nSPS) is 13.8. The third-order valence-corrected chi connectivity index (χ3v) is 5.81. The van der Waals surface area contributed by atoms with Crippen molar-refractivity contribution >= 4 is 28.0 Å². The molecule has 3 nitrogen and oxygen atoms in total. The Morgan fingerprint density at radius 2 is 1.95 bits per heavy atom. The van der Waals surface area contributed by atoms with Crippen LogP contribution in [0.5, 0.6) is 0 Å². The van der Waals surface area contributed by atoms with Crippen LogP contribution in [0.15, 0.2) is 46.0 Å². The number of halogens is 1. The second kappa shape index (κ2) is 7.65. The first-order valence-corrected chi connectivity index (χ1v) is 9.14. The molecule has 0 aliphatic heterocycles. The minimum Gasteiger partial charge on any atom is -0.348 e. The summed E-state index contributed by atoms with van der Waals surface area (Å²) in [6.45, 7) is 3.95. The highest BCUT2D eigenvalue weighted by Gasteiger charge is 2.20. The molecule has 1 heterocycles. The highest BCUT2D eigenvalue weighted by Crippen LogP contribution is 2.22. The summed E-state index contributed by atoms with van der Waals surface area (Å²) >= 11 is 1.37. The van der Waals surface area contributed by atoms with Crippen LogP contribution < -0.4 is 5.32 Å². The summed E-state index contributed by atoms with van der Waals surface area (Å²) in [6.07, 6.45) is 0. The minimum atomic E-state index is -1.33. The molecule has 1 amide bonds. The Labute approximate surface area is 136 Å². The smallest absolute Gasteiger partial charge is 0.233 e. The van der Waals surface area contributed by atoms with Crippen LogP contribution in [0.25, 0.3) is 0 Å². The standard InChI is InChI=1S/C16H18FNO2S2/c1-11(2)16(12-5-7-13(17)8-6-12)18-14(19)10-22(20)15-4-3-9-21-15/h3-9,11,16H,10H2,1-2H3,(H,18,19)/t16-,22-/m1/s1. The number of rotatable bonds is 6. The number of hydrogen-bond acceptors (Lipinski definition) is 3. The van der Waals surface area contributed by atoms with Crippen molar-refractivity contribution in [2.45, 2.75) is 24.1 Å². The number of nitrogens with one attached hydrogen (secondary N) is 1. The molecule has 22 heavy (non-hydrogen) atoms. The van der Waals surface area contributed by atoms with E-state index in [9.17, 15) is 13.4 Å². The average Bonchev–Trinajstić information content (AvgIpc) is 3.00. The zero-order chi connectivity index (χ0) is 16.1. The quantitative estimate of drug-likeness (QED) is 0.875. The Morgan fingerprint density at radius 1 is 1.27 bits per heavy atom. The predicted molar refractivity (Wildman–Crippen MR) is 87.7 cm³/mol. The molecule has 0 bridgehead atoms. The molecule has 2 atom stereocenters. The van der Waals surface area contributed by atoms with Gasteiger partial charge in [-0.15, -0.1) is 11.3 Å². The fourth-order valence-electron chi connectivity index (χ4n) is 2.10. The lowest BCUT2D eigenvalue weighted by atomic mass is 9.96. The molecular formula is C16H18FNO2S2. The van der Waals surface area contributed by atoms with Gasteiger partial charge in [0.1, 0.15) is 11.6 Å². The van der Waals surface area contributed by atoms with Crippen LogP contribution >= 0.6 is 11.3 Å². The summed E-state index contributed by atoms with van der Waals surface area (Å²) in [5, 5.41) is 4.73. The van der Waals surface area contributed by atoms with Gasteiger partial charge in [-0.1, -0.05) is 32.0 Å². The molecule has 0 aliphatic carbocycles. The first kappa shape index (κ1) is 16.8. The van der Waals surface area contributed by atoms with E-state index in [1.165, 1.54) is 23.5 Å². The van der Waals surface area contributed by atoms with Gasteiger partial charge in [0.25, 0.3) is 0 Å². The van der Waals surface area contributed by atoms with E-state index >= 15 is 0 Å². The predicted octanol–water partition coefficient (Wildman–Crippen LogP) is 3.51. The van der Waals surface area contributed by atoms with Crippen molar-refractivity contribution in [2.24, 2.45) is 5.92 Å². The maximum atomic E-state index is 13.0. The zero-order valence-corrected chi connectivity index (χ0v) is 14.0. The first-order valence-electron chi connectivity index (χ1n) is 6.94. The second-order valence-corrected chi connectivity index (χ2v) is 7.89. The lowest BCUT2D eigenvalue weighted by Crippen LogP contribution is -2.34. The zero-order valence-electron chi connectivity index (χ0n) is 12.4. The van der Waals surface area contributed by atoms with Gasteiger partial charge in [0.05, 0.1) is 21.1 Å². The Balaban J connectivity index is 2.03. The Kier molecular flexibility index (Phi) is 5.85. The highest BCUT2D eigenvalue weighted by atomic mass is 32.2. The van der Waals surface area contributed by atoms with Gasteiger partial charge in [-0.2, -0.15) is 0 Å². The van der Waals surface area contributed by atoms with Gasteiger partial charge in [-0.05, 0) is 35.1 Å². The molecule has 1 N–H and O–H groups in total. The van der Waals surface area contributed by atoms with Gasteiger partial charge in [-0.3, -0.25) is 9.00 Å². The number of thiophene rings is 1. The van der Waals surface area contributed by atoms with Crippen molar-refractivity contribution in [2.75, 3.05) is 5.75 Å². The third-order valence-electron chi connectivity index (χ3n) is 3.19. The monoisotopic (exact) mass is 339 g/mol. The second-order valence-electron chi connectivity index (χ2n) is 5.26. The van der Waals surface area contributed by atoms with Gasteiger partial charge in [-0.25, -0.2) is 4.39 Å². The number of benzene rings is 1. The van der Waals surface area contributed by atoms with Crippen LogP contribution in [0.2, 0.25) is 0 Å². The topological polar surface area (TPSA) is 46.2 Å². The number of amides is 1. The molecule has 1 aromatic heterocycles. The van der Waals surface area contributed by atoms with Gasteiger partial charge >= 0.3 is 0 Å². The molecule has 0 spiro atoms. The SMILES string of the molecule is CC(C)[C@@H](NC(=O)C[S@@](=O)c1cccs1)c1ccc(F)cc1. The molecular weight excluding hydrogens is 321 g/mol. The molecule has 1 aromatic carbocycles. The maximum absolute atomic E-state index is 13.0. The van der Waals surface area contributed by atoms with Gasteiger partial charge < -0.3 is 5.32 Å². The minimum absolute atomic E-state index is 0.0646.